The van der Waals surface area contributed by atoms with Crippen LogP contribution in [0.3, 0.4) is 0 Å². The van der Waals surface area contributed by atoms with Crippen molar-refractivity contribution in [3.05, 3.63) is 89.0 Å². The van der Waals surface area contributed by atoms with Gasteiger partial charge in [0.05, 0.1) is 24.4 Å². The molecule has 0 saturated heterocycles. The number of H-pyrrole nitrogens is 2. The number of methoxy groups -OCH3 is 1. The minimum Gasteiger partial charge on any atom is -0.465 e. The minimum absolute atomic E-state index is 0.295. The normalized spacial score (nSPS) is 11.1. The molecular formula is C29H29N7O3. The van der Waals surface area contributed by atoms with Gasteiger partial charge in [0.25, 0.3) is 5.91 Å². The van der Waals surface area contributed by atoms with Crippen molar-refractivity contribution >= 4 is 22.8 Å². The third kappa shape index (κ3) is 5.41. The Morgan fingerprint density at radius 2 is 1.85 bits per heavy atom. The lowest BCUT2D eigenvalue weighted by Crippen LogP contribution is -2.23. The van der Waals surface area contributed by atoms with Gasteiger partial charge in [-0.25, -0.2) is 9.78 Å². The molecule has 0 unspecified atom stereocenters. The van der Waals surface area contributed by atoms with Crippen LogP contribution in [0.2, 0.25) is 0 Å². The van der Waals surface area contributed by atoms with Crippen LogP contribution in [0.15, 0.2) is 61.1 Å². The van der Waals surface area contributed by atoms with Gasteiger partial charge in [-0.15, -0.1) is 0 Å². The fraction of sp³-hybridized carbons (Fsp3) is 0.207. The lowest BCUT2D eigenvalue weighted by atomic mass is 9.98. The van der Waals surface area contributed by atoms with Gasteiger partial charge in [-0.05, 0) is 60.0 Å². The van der Waals surface area contributed by atoms with Crippen LogP contribution in [-0.2, 0) is 17.8 Å². The number of carbonyl (C=O) groups excluding carboxylic acids is 2. The first-order chi connectivity index (χ1) is 19.0. The number of hydrogen-bond donors (Lipinski definition) is 4. The molecule has 4 N–H and O–H groups in total. The van der Waals surface area contributed by atoms with E-state index in [9.17, 15) is 9.59 Å². The van der Waals surface area contributed by atoms with E-state index in [-0.39, 0.29) is 5.91 Å². The molecule has 39 heavy (non-hydrogen) atoms. The van der Waals surface area contributed by atoms with Crippen molar-refractivity contribution < 1.29 is 14.3 Å². The van der Waals surface area contributed by atoms with Crippen molar-refractivity contribution in [2.24, 2.45) is 0 Å². The van der Waals surface area contributed by atoms with Crippen molar-refractivity contribution in [2.75, 3.05) is 13.7 Å². The highest BCUT2D eigenvalue weighted by Crippen LogP contribution is 2.31. The van der Waals surface area contributed by atoms with Crippen LogP contribution in [0.4, 0.5) is 0 Å². The molecule has 0 atom stereocenters. The number of nitrogens with one attached hydrogen (secondary N) is 4. The lowest BCUT2D eigenvalue weighted by Gasteiger charge is -2.11. The van der Waals surface area contributed by atoms with E-state index < -0.39 is 5.97 Å². The van der Waals surface area contributed by atoms with Crippen molar-refractivity contribution in [3.8, 4) is 22.6 Å². The molecule has 10 nitrogen and oxygen atoms in total. The topological polar surface area (TPSA) is 138 Å². The molecule has 198 valence electrons. The Morgan fingerprint density at radius 1 is 1.03 bits per heavy atom. The summed E-state index contributed by atoms with van der Waals surface area (Å²) in [5, 5.41) is 14.6. The number of fused-ring (bicyclic) bond motifs is 1. The Kier molecular flexibility index (Phi) is 7.46. The van der Waals surface area contributed by atoms with Gasteiger partial charge >= 0.3 is 5.97 Å². The number of benzene rings is 2. The Bertz CT molecular complexity index is 1640. The zero-order valence-electron chi connectivity index (χ0n) is 22.0. The summed E-state index contributed by atoms with van der Waals surface area (Å²) < 4.78 is 4.71. The molecule has 3 aromatic heterocycles. The number of aromatic amines is 2. The van der Waals surface area contributed by atoms with Crippen LogP contribution in [0.25, 0.3) is 33.5 Å². The van der Waals surface area contributed by atoms with Gasteiger partial charge in [0.1, 0.15) is 11.4 Å². The van der Waals surface area contributed by atoms with Crippen LogP contribution in [0.1, 0.15) is 44.5 Å². The summed E-state index contributed by atoms with van der Waals surface area (Å²) in [7, 11) is 1.34. The zero-order chi connectivity index (χ0) is 27.4. The predicted octanol–water partition coefficient (Wildman–Crippen LogP) is 4.15. The standard InChI is InChI=1S/C29H29N7O3/c1-4-30-13-21-14-31-15-23(17(21)2)20-9-10-24-22(11-20)26(36-35-24)27-32-16-25(34-27)28(37)33-12-18-5-7-19(8-6-18)29(38)39-3/h5-11,14-16,30H,4,12-13H2,1-3H3,(H,32,34)(H,33,37)(H,35,36). The van der Waals surface area contributed by atoms with E-state index in [0.29, 0.717) is 29.3 Å². The van der Waals surface area contributed by atoms with Gasteiger partial charge in [-0.3, -0.25) is 14.9 Å². The van der Waals surface area contributed by atoms with E-state index in [1.807, 2.05) is 24.5 Å². The number of ether oxygens (including phenoxy) is 1. The average Bonchev–Trinajstić information content (AvgIpc) is 3.62. The molecule has 0 aliphatic heterocycles. The van der Waals surface area contributed by atoms with E-state index in [4.69, 9.17) is 4.74 Å². The molecule has 0 radical (unpaired) electrons. The van der Waals surface area contributed by atoms with Crippen molar-refractivity contribution in [1.29, 1.82) is 0 Å². The van der Waals surface area contributed by atoms with E-state index in [2.05, 4.69) is 55.7 Å². The predicted molar refractivity (Wildman–Crippen MR) is 148 cm³/mol. The second-order valence-electron chi connectivity index (χ2n) is 9.10. The quantitative estimate of drug-likeness (QED) is 0.213. The summed E-state index contributed by atoms with van der Waals surface area (Å²) in [4.78, 5) is 36.3. The first kappa shape index (κ1) is 25.8. The highest BCUT2D eigenvalue weighted by Gasteiger charge is 2.17. The van der Waals surface area contributed by atoms with E-state index in [1.165, 1.54) is 18.9 Å². The maximum Gasteiger partial charge on any atom is 0.337 e. The van der Waals surface area contributed by atoms with Gasteiger partial charge in [-0.1, -0.05) is 25.1 Å². The molecule has 5 rings (SSSR count). The molecule has 2 aromatic carbocycles. The second-order valence-corrected chi connectivity index (χ2v) is 9.10. The van der Waals surface area contributed by atoms with Gasteiger partial charge in [0.2, 0.25) is 0 Å². The largest absolute Gasteiger partial charge is 0.465 e. The number of carbonyl (C=O) groups is 2. The average molecular weight is 524 g/mol. The summed E-state index contributed by atoms with van der Waals surface area (Å²) >= 11 is 0. The maximum atomic E-state index is 12.8. The molecule has 0 bridgehead atoms. The van der Waals surface area contributed by atoms with Crippen LogP contribution >= 0.6 is 0 Å². The number of esters is 1. The smallest absolute Gasteiger partial charge is 0.337 e. The molecule has 0 fully saturated rings. The van der Waals surface area contributed by atoms with Gasteiger partial charge in [0, 0.05) is 36.4 Å². The molecule has 10 heteroatoms. The van der Waals surface area contributed by atoms with E-state index in [0.717, 1.165) is 46.2 Å². The van der Waals surface area contributed by atoms with Crippen molar-refractivity contribution in [2.45, 2.75) is 26.9 Å². The van der Waals surface area contributed by atoms with Crippen molar-refractivity contribution in [1.82, 2.24) is 35.8 Å². The molecule has 3 heterocycles. The first-order valence-corrected chi connectivity index (χ1v) is 12.6. The third-order valence-corrected chi connectivity index (χ3v) is 6.63. The van der Waals surface area contributed by atoms with Gasteiger partial charge < -0.3 is 20.4 Å². The van der Waals surface area contributed by atoms with E-state index >= 15 is 0 Å². The Labute approximate surface area is 225 Å². The summed E-state index contributed by atoms with van der Waals surface area (Å²) in [6.45, 7) is 6.13. The van der Waals surface area contributed by atoms with Gasteiger partial charge in [-0.2, -0.15) is 5.10 Å². The summed E-state index contributed by atoms with van der Waals surface area (Å²) in [6, 6.07) is 13.0. The zero-order valence-corrected chi connectivity index (χ0v) is 22.0. The number of aromatic nitrogens is 5. The van der Waals surface area contributed by atoms with E-state index in [1.54, 1.807) is 24.3 Å². The molecule has 0 saturated carbocycles. The van der Waals surface area contributed by atoms with Crippen LogP contribution in [0.5, 0.6) is 0 Å². The fourth-order valence-corrected chi connectivity index (χ4v) is 4.37. The molecule has 0 spiro atoms. The molecule has 0 aliphatic carbocycles. The number of imidazole rings is 1. The second kappa shape index (κ2) is 11.3. The lowest BCUT2D eigenvalue weighted by molar-refractivity contribution is 0.0600. The summed E-state index contributed by atoms with van der Waals surface area (Å²) in [5.74, 6) is -0.217. The SMILES string of the molecule is CCNCc1cncc(-c2ccc3[nH]nc(-c4ncc(C(=O)NCc5ccc(C(=O)OC)cc5)[nH]4)c3c2)c1C. The van der Waals surface area contributed by atoms with Crippen LogP contribution < -0.4 is 10.6 Å². The monoisotopic (exact) mass is 523 g/mol. The molecular weight excluding hydrogens is 494 g/mol. The molecule has 5 aromatic rings. The summed E-state index contributed by atoms with van der Waals surface area (Å²) in [5.41, 5.74) is 7.51. The van der Waals surface area contributed by atoms with Crippen LogP contribution in [-0.4, -0.2) is 50.7 Å². The maximum absolute atomic E-state index is 12.8. The summed E-state index contributed by atoms with van der Waals surface area (Å²) in [6.07, 6.45) is 5.27. The number of rotatable bonds is 9. The Balaban J connectivity index is 1.34. The Hall–Kier alpha value is -4.83. The van der Waals surface area contributed by atoms with Gasteiger partial charge in [0.15, 0.2) is 5.82 Å². The highest BCUT2D eigenvalue weighted by molar-refractivity contribution is 5.96. The van der Waals surface area contributed by atoms with Crippen molar-refractivity contribution in [3.63, 3.8) is 0 Å². The minimum atomic E-state index is -0.404. The number of amides is 1. The molecule has 1 amide bonds. The first-order valence-electron chi connectivity index (χ1n) is 12.6. The molecule has 0 aliphatic rings. The van der Waals surface area contributed by atoms with Crippen LogP contribution in [0, 0.1) is 6.92 Å². The third-order valence-electron chi connectivity index (χ3n) is 6.63. The number of hydrogen-bond acceptors (Lipinski definition) is 7. The number of nitrogens with zero attached hydrogens (tertiary/aromatic N) is 3. The Morgan fingerprint density at radius 3 is 2.62 bits per heavy atom. The number of pyridine rings is 1. The highest BCUT2D eigenvalue weighted by atomic mass is 16.5. The fourth-order valence-electron chi connectivity index (χ4n) is 4.37.